The highest BCUT2D eigenvalue weighted by molar-refractivity contribution is 5.93. The minimum atomic E-state index is 0.118. The number of aromatic nitrogens is 4. The van der Waals surface area contributed by atoms with E-state index < -0.39 is 0 Å². The lowest BCUT2D eigenvalue weighted by molar-refractivity contribution is 0.0667. The van der Waals surface area contributed by atoms with Crippen LogP contribution >= 0.6 is 0 Å². The van der Waals surface area contributed by atoms with Crippen LogP contribution in [0.3, 0.4) is 0 Å². The minimum absolute atomic E-state index is 0.118. The van der Waals surface area contributed by atoms with Crippen LogP contribution in [-0.2, 0) is 13.1 Å². The predicted octanol–water partition coefficient (Wildman–Crippen LogP) is -0.357. The fourth-order valence-electron chi connectivity index (χ4n) is 4.07. The third-order valence-corrected chi connectivity index (χ3v) is 5.95. The van der Waals surface area contributed by atoms with Gasteiger partial charge in [0, 0.05) is 45.8 Å². The SMILES string of the molecule is C\C=C/C(=N\N=C(\C)N1CCNCC1N(CC)Cc1nnc(CNCC)nn1)N1CCNCC1. The monoisotopic (exact) mass is 472 g/mol. The number of hydrogen-bond acceptors (Lipinski definition) is 10. The lowest BCUT2D eigenvalue weighted by atomic mass is 10.2. The summed E-state index contributed by atoms with van der Waals surface area (Å²) in [5.74, 6) is 3.04. The molecule has 34 heavy (non-hydrogen) atoms. The summed E-state index contributed by atoms with van der Waals surface area (Å²) in [6.45, 7) is 17.5. The molecule has 12 nitrogen and oxygen atoms in total. The van der Waals surface area contributed by atoms with Gasteiger partial charge in [0.25, 0.3) is 0 Å². The van der Waals surface area contributed by atoms with Gasteiger partial charge in [0.15, 0.2) is 17.5 Å². The summed E-state index contributed by atoms with van der Waals surface area (Å²) in [5, 5.41) is 36.4. The van der Waals surface area contributed by atoms with E-state index in [1.54, 1.807) is 0 Å². The summed E-state index contributed by atoms with van der Waals surface area (Å²) in [5.41, 5.74) is 0. The Kier molecular flexibility index (Phi) is 10.7. The second-order valence-electron chi connectivity index (χ2n) is 8.30. The molecule has 0 saturated carbocycles. The van der Waals surface area contributed by atoms with Crippen LogP contribution in [0, 0.1) is 0 Å². The Labute approximate surface area is 203 Å². The van der Waals surface area contributed by atoms with Crippen LogP contribution < -0.4 is 16.0 Å². The van der Waals surface area contributed by atoms with Gasteiger partial charge in [-0.2, -0.15) is 0 Å². The van der Waals surface area contributed by atoms with Gasteiger partial charge in [-0.05, 0) is 33.0 Å². The average Bonchev–Trinajstić information content (AvgIpc) is 2.89. The van der Waals surface area contributed by atoms with E-state index in [9.17, 15) is 0 Å². The van der Waals surface area contributed by atoms with Crippen molar-refractivity contribution in [2.75, 3.05) is 58.9 Å². The zero-order valence-electron chi connectivity index (χ0n) is 21.0. The second kappa shape index (κ2) is 14.0. The van der Waals surface area contributed by atoms with E-state index in [0.717, 1.165) is 70.6 Å². The van der Waals surface area contributed by atoms with Crippen molar-refractivity contribution >= 4 is 11.7 Å². The highest BCUT2D eigenvalue weighted by Gasteiger charge is 2.29. The first-order valence-corrected chi connectivity index (χ1v) is 12.3. The zero-order chi connectivity index (χ0) is 24.2. The van der Waals surface area contributed by atoms with Crippen LogP contribution in [0.25, 0.3) is 0 Å². The first-order valence-electron chi connectivity index (χ1n) is 12.3. The molecular weight excluding hydrogens is 432 g/mol. The van der Waals surface area contributed by atoms with Crippen LogP contribution in [0.15, 0.2) is 22.4 Å². The maximum absolute atomic E-state index is 4.66. The molecule has 2 aliphatic heterocycles. The highest BCUT2D eigenvalue weighted by atomic mass is 15.4. The number of rotatable bonds is 9. The molecule has 3 heterocycles. The van der Waals surface area contributed by atoms with Gasteiger partial charge in [0.2, 0.25) is 0 Å². The van der Waals surface area contributed by atoms with E-state index in [4.69, 9.17) is 0 Å². The maximum atomic E-state index is 4.66. The summed E-state index contributed by atoms with van der Waals surface area (Å²) in [4.78, 5) is 6.91. The maximum Gasteiger partial charge on any atom is 0.187 e. The second-order valence-corrected chi connectivity index (χ2v) is 8.30. The van der Waals surface area contributed by atoms with Crippen LogP contribution in [0.2, 0.25) is 0 Å². The number of piperazine rings is 2. The summed E-state index contributed by atoms with van der Waals surface area (Å²) >= 11 is 0. The van der Waals surface area contributed by atoms with Gasteiger partial charge < -0.3 is 25.8 Å². The number of hydrogen-bond donors (Lipinski definition) is 3. The molecule has 188 valence electrons. The van der Waals surface area contributed by atoms with Gasteiger partial charge in [-0.3, -0.25) is 4.90 Å². The van der Waals surface area contributed by atoms with Crippen LogP contribution in [0.4, 0.5) is 0 Å². The summed E-state index contributed by atoms with van der Waals surface area (Å²) in [6.07, 6.45) is 4.17. The molecule has 2 aliphatic rings. The van der Waals surface area contributed by atoms with E-state index in [1.807, 2.05) is 32.9 Å². The molecule has 3 N–H and O–H groups in total. The van der Waals surface area contributed by atoms with Gasteiger partial charge in [-0.25, -0.2) is 0 Å². The smallest absolute Gasteiger partial charge is 0.187 e. The van der Waals surface area contributed by atoms with E-state index >= 15 is 0 Å². The summed E-state index contributed by atoms with van der Waals surface area (Å²) in [6, 6.07) is 0. The average molecular weight is 473 g/mol. The molecule has 1 aromatic rings. The molecule has 2 saturated heterocycles. The molecule has 0 aliphatic carbocycles. The first kappa shape index (κ1) is 26.1. The van der Waals surface area contributed by atoms with Gasteiger partial charge in [0.05, 0.1) is 19.3 Å². The Morgan fingerprint density at radius 2 is 1.76 bits per heavy atom. The van der Waals surface area contributed by atoms with Crippen molar-refractivity contribution in [1.29, 1.82) is 0 Å². The molecule has 0 bridgehead atoms. The largest absolute Gasteiger partial charge is 0.353 e. The lowest BCUT2D eigenvalue weighted by Crippen LogP contribution is -2.60. The third kappa shape index (κ3) is 7.49. The van der Waals surface area contributed by atoms with E-state index in [1.165, 1.54) is 0 Å². The number of likely N-dealkylation sites (N-methyl/N-ethyl adjacent to an activating group) is 1. The third-order valence-electron chi connectivity index (χ3n) is 5.95. The molecule has 12 heteroatoms. The van der Waals surface area contributed by atoms with E-state index in [2.05, 4.69) is 68.2 Å². The Balaban J connectivity index is 1.71. The van der Waals surface area contributed by atoms with Crippen molar-refractivity contribution < 1.29 is 0 Å². The Bertz CT molecular complexity index is 816. The number of nitrogens with one attached hydrogen (secondary N) is 3. The van der Waals surface area contributed by atoms with Crippen LogP contribution in [-0.4, -0.2) is 112 Å². The normalized spacial score (nSPS) is 20.6. The number of amidine groups is 2. The molecule has 1 unspecified atom stereocenters. The van der Waals surface area contributed by atoms with E-state index in [-0.39, 0.29) is 6.17 Å². The van der Waals surface area contributed by atoms with Crippen molar-refractivity contribution in [2.24, 2.45) is 10.2 Å². The lowest BCUT2D eigenvalue weighted by Gasteiger charge is -2.43. The molecule has 0 radical (unpaired) electrons. The Morgan fingerprint density at radius 3 is 2.44 bits per heavy atom. The molecular formula is C22H40N12. The first-order chi connectivity index (χ1) is 16.7. The van der Waals surface area contributed by atoms with Gasteiger partial charge in [-0.1, -0.05) is 19.9 Å². The number of nitrogens with zero attached hydrogens (tertiary/aromatic N) is 9. The summed E-state index contributed by atoms with van der Waals surface area (Å²) < 4.78 is 0. The van der Waals surface area contributed by atoms with Crippen molar-refractivity contribution in [3.05, 3.63) is 23.8 Å². The molecule has 0 spiro atoms. The molecule has 1 atom stereocenters. The quantitative estimate of drug-likeness (QED) is 0.250. The Hall–Kier alpha value is -2.54. The molecule has 0 aromatic carbocycles. The van der Waals surface area contributed by atoms with Crippen molar-refractivity contribution in [1.82, 2.24) is 51.0 Å². The molecule has 2 fully saturated rings. The van der Waals surface area contributed by atoms with Gasteiger partial charge >= 0.3 is 0 Å². The number of allylic oxidation sites excluding steroid dienone is 1. The summed E-state index contributed by atoms with van der Waals surface area (Å²) in [7, 11) is 0. The van der Waals surface area contributed by atoms with E-state index in [0.29, 0.717) is 24.7 Å². The molecule has 1 aromatic heterocycles. The molecule has 3 rings (SSSR count). The zero-order valence-corrected chi connectivity index (χ0v) is 21.0. The predicted molar refractivity (Wildman–Crippen MR) is 134 cm³/mol. The highest BCUT2D eigenvalue weighted by Crippen LogP contribution is 2.13. The fourth-order valence-corrected chi connectivity index (χ4v) is 4.07. The standard InChI is InChI=1S/C22H40N12/c1-5-8-21(33-12-9-24-10-13-33)31-26-18(4)34-14-11-25-16-22(34)32(7-3)17-20-29-27-19(28-30-20)15-23-6-2/h5,8,22-25H,6-7,9-17H2,1-4H3/b8-5-,26-18-,31-21+. The van der Waals surface area contributed by atoms with Crippen molar-refractivity contribution in [3.8, 4) is 0 Å². The fraction of sp³-hybridized carbons (Fsp3) is 0.727. The van der Waals surface area contributed by atoms with Crippen molar-refractivity contribution in [3.63, 3.8) is 0 Å². The Morgan fingerprint density at radius 1 is 1.06 bits per heavy atom. The van der Waals surface area contributed by atoms with Crippen LogP contribution in [0.1, 0.15) is 39.3 Å². The molecule has 0 amide bonds. The minimum Gasteiger partial charge on any atom is -0.353 e. The topological polar surface area (TPSA) is 122 Å². The van der Waals surface area contributed by atoms with Gasteiger partial charge in [0.1, 0.15) is 5.84 Å². The van der Waals surface area contributed by atoms with Crippen molar-refractivity contribution in [2.45, 2.75) is 47.0 Å². The van der Waals surface area contributed by atoms with Gasteiger partial charge in [-0.15, -0.1) is 30.6 Å². The van der Waals surface area contributed by atoms with Crippen LogP contribution in [0.5, 0.6) is 0 Å².